The number of imidazole rings is 1. The lowest BCUT2D eigenvalue weighted by molar-refractivity contribution is -0.133. The summed E-state index contributed by atoms with van der Waals surface area (Å²) in [5, 5.41) is 10.9. The van der Waals surface area contributed by atoms with Crippen LogP contribution in [-0.4, -0.2) is 54.1 Å². The van der Waals surface area contributed by atoms with Gasteiger partial charge in [-0.05, 0) is 28.8 Å². The van der Waals surface area contributed by atoms with Crippen molar-refractivity contribution in [3.8, 4) is 11.3 Å². The highest BCUT2D eigenvalue weighted by Gasteiger charge is 2.26. The number of tetrazole rings is 1. The second-order valence-corrected chi connectivity index (χ2v) is 6.23. The van der Waals surface area contributed by atoms with E-state index in [0.717, 1.165) is 36.5 Å². The fourth-order valence-corrected chi connectivity index (χ4v) is 3.23. The number of benzene rings is 1. The Bertz CT molecular complexity index is 828. The van der Waals surface area contributed by atoms with Crippen LogP contribution in [-0.2, 0) is 11.3 Å². The molecule has 8 heteroatoms. The molecule has 0 saturated carbocycles. The molecule has 1 aromatic carbocycles. The van der Waals surface area contributed by atoms with E-state index in [9.17, 15) is 4.79 Å². The zero-order valence-corrected chi connectivity index (χ0v) is 13.7. The molecule has 3 aromatic rings. The summed E-state index contributed by atoms with van der Waals surface area (Å²) in [6, 6.07) is 10.1. The van der Waals surface area contributed by atoms with Crippen LogP contribution in [0.4, 0.5) is 0 Å². The summed E-state index contributed by atoms with van der Waals surface area (Å²) in [6.45, 7) is 1.61. The van der Waals surface area contributed by atoms with E-state index in [4.69, 9.17) is 0 Å². The van der Waals surface area contributed by atoms with Crippen molar-refractivity contribution >= 4 is 5.91 Å². The number of carbonyl (C=O) groups is 1. The van der Waals surface area contributed by atoms with Crippen molar-refractivity contribution in [1.82, 2.24) is 35.1 Å². The van der Waals surface area contributed by atoms with Gasteiger partial charge in [-0.3, -0.25) is 4.79 Å². The van der Waals surface area contributed by atoms with Gasteiger partial charge in [0.1, 0.15) is 18.7 Å². The van der Waals surface area contributed by atoms with Crippen LogP contribution < -0.4 is 0 Å². The minimum Gasteiger partial charge on any atom is -0.342 e. The molecule has 0 bridgehead atoms. The van der Waals surface area contributed by atoms with Crippen LogP contribution >= 0.6 is 0 Å². The first-order chi connectivity index (χ1) is 12.3. The molecule has 1 saturated heterocycles. The number of rotatable bonds is 4. The molecule has 0 unspecified atom stereocenters. The highest BCUT2D eigenvalue weighted by Crippen LogP contribution is 2.27. The standard InChI is InChI=1S/C17H19N7O/c25-16(11-24-12-19-21-22-24)23-8-4-7-14(10-23)17-18-9-15(20-17)13-5-2-1-3-6-13/h1-3,5-6,9,12,14H,4,7-8,10-11H2,(H,18,20)/t14-/m0/s1. The summed E-state index contributed by atoms with van der Waals surface area (Å²) >= 11 is 0. The van der Waals surface area contributed by atoms with E-state index < -0.39 is 0 Å². The summed E-state index contributed by atoms with van der Waals surface area (Å²) in [6.07, 6.45) is 5.31. The van der Waals surface area contributed by atoms with Crippen LogP contribution in [0.3, 0.4) is 0 Å². The Labute approximate surface area is 144 Å². The van der Waals surface area contributed by atoms with Gasteiger partial charge in [0.25, 0.3) is 0 Å². The molecule has 1 aliphatic heterocycles. The quantitative estimate of drug-likeness (QED) is 0.778. The lowest BCUT2D eigenvalue weighted by Crippen LogP contribution is -2.41. The van der Waals surface area contributed by atoms with Crippen LogP contribution in [0.2, 0.25) is 0 Å². The minimum atomic E-state index is 0.0341. The number of nitrogens with one attached hydrogen (secondary N) is 1. The zero-order chi connectivity index (χ0) is 17.1. The third-order valence-corrected chi connectivity index (χ3v) is 4.53. The predicted molar refractivity (Wildman–Crippen MR) is 90.4 cm³/mol. The Morgan fingerprint density at radius 3 is 2.96 bits per heavy atom. The van der Waals surface area contributed by atoms with Crippen molar-refractivity contribution in [3.05, 3.63) is 48.7 Å². The predicted octanol–water partition coefficient (Wildman–Crippen LogP) is 1.47. The van der Waals surface area contributed by atoms with E-state index in [1.165, 1.54) is 11.0 Å². The zero-order valence-electron chi connectivity index (χ0n) is 13.7. The van der Waals surface area contributed by atoms with Crippen molar-refractivity contribution in [3.63, 3.8) is 0 Å². The number of carbonyl (C=O) groups excluding carboxylic acids is 1. The van der Waals surface area contributed by atoms with Crippen molar-refractivity contribution in [2.75, 3.05) is 13.1 Å². The van der Waals surface area contributed by atoms with E-state index in [1.54, 1.807) is 0 Å². The molecule has 0 aliphatic carbocycles. The van der Waals surface area contributed by atoms with Gasteiger partial charge < -0.3 is 9.88 Å². The van der Waals surface area contributed by atoms with Crippen molar-refractivity contribution < 1.29 is 4.79 Å². The third-order valence-electron chi connectivity index (χ3n) is 4.53. The molecule has 1 N–H and O–H groups in total. The fourth-order valence-electron chi connectivity index (χ4n) is 3.23. The number of H-pyrrole nitrogens is 1. The fraction of sp³-hybridized carbons (Fsp3) is 0.353. The van der Waals surface area contributed by atoms with Gasteiger partial charge in [0.2, 0.25) is 5.91 Å². The number of nitrogens with zero attached hydrogens (tertiary/aromatic N) is 6. The molecular formula is C17H19N7O. The highest BCUT2D eigenvalue weighted by molar-refractivity contribution is 5.76. The van der Waals surface area contributed by atoms with Gasteiger partial charge in [0.15, 0.2) is 0 Å². The van der Waals surface area contributed by atoms with Gasteiger partial charge in [-0.15, -0.1) is 5.10 Å². The summed E-state index contributed by atoms with van der Waals surface area (Å²) in [7, 11) is 0. The van der Waals surface area contributed by atoms with Gasteiger partial charge in [-0.2, -0.15) is 0 Å². The molecular weight excluding hydrogens is 318 g/mol. The maximum atomic E-state index is 12.4. The average Bonchev–Trinajstić information content (AvgIpc) is 3.34. The van der Waals surface area contributed by atoms with Crippen LogP contribution in [0.25, 0.3) is 11.3 Å². The molecule has 1 atom stereocenters. The number of hydrogen-bond donors (Lipinski definition) is 1. The Balaban J connectivity index is 1.44. The monoisotopic (exact) mass is 337 g/mol. The van der Waals surface area contributed by atoms with Crippen molar-refractivity contribution in [1.29, 1.82) is 0 Å². The van der Waals surface area contributed by atoms with E-state index in [0.29, 0.717) is 6.54 Å². The molecule has 25 heavy (non-hydrogen) atoms. The van der Waals surface area contributed by atoms with Gasteiger partial charge in [0.05, 0.1) is 11.9 Å². The molecule has 128 valence electrons. The second kappa shape index (κ2) is 6.84. The highest BCUT2D eigenvalue weighted by atomic mass is 16.2. The lowest BCUT2D eigenvalue weighted by Gasteiger charge is -2.31. The average molecular weight is 337 g/mol. The molecule has 3 heterocycles. The number of piperidine rings is 1. The molecule has 1 fully saturated rings. The Morgan fingerprint density at radius 2 is 2.16 bits per heavy atom. The maximum Gasteiger partial charge on any atom is 0.244 e. The van der Waals surface area contributed by atoms with Gasteiger partial charge in [-0.25, -0.2) is 9.67 Å². The topological polar surface area (TPSA) is 92.6 Å². The van der Waals surface area contributed by atoms with E-state index >= 15 is 0 Å². The SMILES string of the molecule is O=C(Cn1cnnn1)N1CCC[C@H](c2ncc(-c3ccccc3)[nH]2)C1. The third kappa shape index (κ3) is 3.42. The Kier molecular flexibility index (Phi) is 4.24. The smallest absolute Gasteiger partial charge is 0.244 e. The van der Waals surface area contributed by atoms with Crippen LogP contribution in [0, 0.1) is 0 Å². The van der Waals surface area contributed by atoms with Crippen LogP contribution in [0.1, 0.15) is 24.6 Å². The van der Waals surface area contributed by atoms with Crippen LogP contribution in [0.15, 0.2) is 42.9 Å². The number of likely N-dealkylation sites (tertiary alicyclic amines) is 1. The first-order valence-corrected chi connectivity index (χ1v) is 8.38. The summed E-state index contributed by atoms with van der Waals surface area (Å²) < 4.78 is 1.45. The lowest BCUT2D eigenvalue weighted by atomic mass is 9.97. The number of aromatic amines is 1. The van der Waals surface area contributed by atoms with E-state index in [2.05, 4.69) is 37.6 Å². The van der Waals surface area contributed by atoms with Crippen molar-refractivity contribution in [2.24, 2.45) is 0 Å². The second-order valence-electron chi connectivity index (χ2n) is 6.23. The van der Waals surface area contributed by atoms with Gasteiger partial charge in [0, 0.05) is 19.0 Å². The Morgan fingerprint density at radius 1 is 1.28 bits per heavy atom. The van der Waals surface area contributed by atoms with Crippen molar-refractivity contribution in [2.45, 2.75) is 25.3 Å². The number of amides is 1. The molecule has 8 nitrogen and oxygen atoms in total. The number of aromatic nitrogens is 6. The first kappa shape index (κ1) is 15.5. The summed E-state index contributed by atoms with van der Waals surface area (Å²) in [4.78, 5) is 22.3. The summed E-state index contributed by atoms with van der Waals surface area (Å²) in [5.41, 5.74) is 2.12. The minimum absolute atomic E-state index is 0.0341. The Hall–Kier alpha value is -3.03. The first-order valence-electron chi connectivity index (χ1n) is 8.38. The van der Waals surface area contributed by atoms with E-state index in [1.807, 2.05) is 29.3 Å². The van der Waals surface area contributed by atoms with Gasteiger partial charge >= 0.3 is 0 Å². The molecule has 0 spiro atoms. The summed E-state index contributed by atoms with van der Waals surface area (Å²) in [5.74, 6) is 1.20. The van der Waals surface area contributed by atoms with Gasteiger partial charge in [-0.1, -0.05) is 30.3 Å². The largest absolute Gasteiger partial charge is 0.342 e. The van der Waals surface area contributed by atoms with E-state index in [-0.39, 0.29) is 18.4 Å². The molecule has 2 aromatic heterocycles. The molecule has 0 radical (unpaired) electrons. The number of hydrogen-bond acceptors (Lipinski definition) is 5. The molecule has 1 aliphatic rings. The van der Waals surface area contributed by atoms with Crippen LogP contribution in [0.5, 0.6) is 0 Å². The molecule has 1 amide bonds. The molecule has 4 rings (SSSR count). The maximum absolute atomic E-state index is 12.4. The normalized spacial score (nSPS) is 17.6.